The Labute approximate surface area is 145 Å². The van der Waals surface area contributed by atoms with Crippen LogP contribution in [0.2, 0.25) is 0 Å². The number of rotatable bonds is 3. The van der Waals surface area contributed by atoms with Crippen LogP contribution in [-0.4, -0.2) is 51.0 Å². The Balaban J connectivity index is 1.69. The van der Waals surface area contributed by atoms with E-state index in [0.29, 0.717) is 5.56 Å². The molecule has 1 saturated heterocycles. The van der Waals surface area contributed by atoms with E-state index in [2.05, 4.69) is 14.9 Å². The molecule has 1 fully saturated rings. The summed E-state index contributed by atoms with van der Waals surface area (Å²) in [6.45, 7) is 2.09. The summed E-state index contributed by atoms with van der Waals surface area (Å²) in [7, 11) is 0. The maximum absolute atomic E-state index is 13.2. The van der Waals surface area contributed by atoms with Crippen LogP contribution < -0.4 is 4.90 Å². The molecule has 7 heteroatoms. The van der Waals surface area contributed by atoms with Crippen molar-refractivity contribution in [3.05, 3.63) is 47.5 Å². The number of fused-ring (bicyclic) bond motifs is 1. The summed E-state index contributed by atoms with van der Waals surface area (Å²) >= 11 is 0. The average Bonchev–Trinajstić information content (AvgIpc) is 3.31. The van der Waals surface area contributed by atoms with Crippen LogP contribution in [0.5, 0.6) is 0 Å². The Morgan fingerprint density at radius 1 is 1.20 bits per heavy atom. The highest BCUT2D eigenvalue weighted by Crippen LogP contribution is 2.29. The standard InChI is InChI=1S/C18H20N4O3/c23-17(12-5-1-2-6-15(12)21-7-3-4-8-21)22-10-14-13(19-11-20-14)9-16(22)18(24)25/h1-2,5-6,11,16H,3-4,7-10H2,(H,19,20)(H,24,25)/t16-/m1/s1. The Bertz CT molecular complexity index is 810. The summed E-state index contributed by atoms with van der Waals surface area (Å²) in [5.41, 5.74) is 3.00. The van der Waals surface area contributed by atoms with Crippen molar-refractivity contribution >= 4 is 17.6 Å². The van der Waals surface area contributed by atoms with Crippen LogP contribution in [0, 0.1) is 0 Å². The molecule has 25 heavy (non-hydrogen) atoms. The van der Waals surface area contributed by atoms with Gasteiger partial charge in [0.15, 0.2) is 0 Å². The highest BCUT2D eigenvalue weighted by molar-refractivity contribution is 6.01. The first-order valence-electron chi connectivity index (χ1n) is 8.54. The molecule has 3 heterocycles. The number of nitrogens with one attached hydrogen (secondary N) is 1. The normalized spacial score (nSPS) is 19.8. The van der Waals surface area contributed by atoms with Crippen molar-refractivity contribution in [2.24, 2.45) is 0 Å². The molecule has 1 atom stereocenters. The van der Waals surface area contributed by atoms with Gasteiger partial charge in [-0.15, -0.1) is 0 Å². The predicted octanol–water partition coefficient (Wildman–Crippen LogP) is 1.66. The second-order valence-corrected chi connectivity index (χ2v) is 6.53. The number of hydrogen-bond donors (Lipinski definition) is 2. The van der Waals surface area contributed by atoms with E-state index in [-0.39, 0.29) is 18.9 Å². The molecule has 7 nitrogen and oxygen atoms in total. The van der Waals surface area contributed by atoms with Gasteiger partial charge in [0.1, 0.15) is 6.04 Å². The van der Waals surface area contributed by atoms with Gasteiger partial charge in [-0.3, -0.25) is 4.79 Å². The highest BCUT2D eigenvalue weighted by Gasteiger charge is 2.37. The van der Waals surface area contributed by atoms with Gasteiger partial charge in [-0.1, -0.05) is 12.1 Å². The second-order valence-electron chi connectivity index (χ2n) is 6.53. The van der Waals surface area contributed by atoms with E-state index in [9.17, 15) is 14.7 Å². The molecular weight excluding hydrogens is 320 g/mol. The number of carboxylic acids is 1. The fourth-order valence-corrected chi connectivity index (χ4v) is 3.71. The molecule has 2 aromatic rings. The van der Waals surface area contributed by atoms with Gasteiger partial charge in [0.2, 0.25) is 0 Å². The molecular formula is C18H20N4O3. The van der Waals surface area contributed by atoms with E-state index >= 15 is 0 Å². The third kappa shape index (κ3) is 2.75. The molecule has 1 amide bonds. The predicted molar refractivity (Wildman–Crippen MR) is 91.5 cm³/mol. The lowest BCUT2D eigenvalue weighted by molar-refractivity contribution is -0.142. The van der Waals surface area contributed by atoms with Crippen LogP contribution in [0.15, 0.2) is 30.6 Å². The molecule has 1 aromatic heterocycles. The van der Waals surface area contributed by atoms with Crippen molar-refractivity contribution in [2.75, 3.05) is 18.0 Å². The molecule has 2 N–H and O–H groups in total. The summed E-state index contributed by atoms with van der Waals surface area (Å²) in [5, 5.41) is 9.61. The zero-order valence-electron chi connectivity index (χ0n) is 13.8. The molecule has 2 aliphatic heterocycles. The van der Waals surface area contributed by atoms with Gasteiger partial charge in [-0.05, 0) is 25.0 Å². The summed E-state index contributed by atoms with van der Waals surface area (Å²) in [5.74, 6) is -1.24. The molecule has 0 saturated carbocycles. The number of imidazole rings is 1. The Hall–Kier alpha value is -2.83. The molecule has 0 unspecified atom stereocenters. The molecule has 0 aliphatic carbocycles. The van der Waals surface area contributed by atoms with Gasteiger partial charge in [-0.2, -0.15) is 0 Å². The monoisotopic (exact) mass is 340 g/mol. The first-order valence-corrected chi connectivity index (χ1v) is 8.54. The molecule has 1 aromatic carbocycles. The van der Waals surface area contributed by atoms with Gasteiger partial charge in [0.05, 0.1) is 29.8 Å². The molecule has 0 bridgehead atoms. The van der Waals surface area contributed by atoms with Crippen molar-refractivity contribution in [1.29, 1.82) is 0 Å². The molecule has 130 valence electrons. The quantitative estimate of drug-likeness (QED) is 0.887. The summed E-state index contributed by atoms with van der Waals surface area (Å²) in [6, 6.07) is 6.59. The van der Waals surface area contributed by atoms with E-state index < -0.39 is 12.0 Å². The number of aliphatic carboxylic acids is 1. The number of benzene rings is 1. The number of carboxylic acid groups (broad SMARTS) is 1. The van der Waals surface area contributed by atoms with E-state index in [1.807, 2.05) is 18.2 Å². The smallest absolute Gasteiger partial charge is 0.326 e. The Kier molecular flexibility index (Phi) is 3.91. The van der Waals surface area contributed by atoms with Crippen molar-refractivity contribution in [1.82, 2.24) is 14.9 Å². The molecule has 4 rings (SSSR count). The second kappa shape index (κ2) is 6.23. The van der Waals surface area contributed by atoms with Gasteiger partial charge in [0, 0.05) is 25.2 Å². The minimum atomic E-state index is -0.999. The third-order valence-corrected chi connectivity index (χ3v) is 5.03. The topological polar surface area (TPSA) is 89.5 Å². The number of amides is 1. The maximum atomic E-state index is 13.2. The number of H-pyrrole nitrogens is 1. The average molecular weight is 340 g/mol. The summed E-state index contributed by atoms with van der Waals surface area (Å²) in [6.07, 6.45) is 4.00. The lowest BCUT2D eigenvalue weighted by Crippen LogP contribution is -2.49. The number of carbonyl (C=O) groups is 2. The first-order chi connectivity index (χ1) is 12.1. The van der Waals surface area contributed by atoms with Gasteiger partial charge in [0.25, 0.3) is 5.91 Å². The van der Waals surface area contributed by atoms with Crippen LogP contribution >= 0.6 is 0 Å². The fourth-order valence-electron chi connectivity index (χ4n) is 3.71. The van der Waals surface area contributed by atoms with Crippen LogP contribution in [0.3, 0.4) is 0 Å². The Morgan fingerprint density at radius 2 is 1.96 bits per heavy atom. The third-order valence-electron chi connectivity index (χ3n) is 5.03. The van der Waals surface area contributed by atoms with Crippen molar-refractivity contribution < 1.29 is 14.7 Å². The van der Waals surface area contributed by atoms with E-state index in [0.717, 1.165) is 43.0 Å². The number of carbonyl (C=O) groups excluding carboxylic acids is 1. The van der Waals surface area contributed by atoms with E-state index in [4.69, 9.17) is 0 Å². The van der Waals surface area contributed by atoms with Gasteiger partial charge < -0.3 is 19.9 Å². The minimum absolute atomic E-state index is 0.228. The summed E-state index contributed by atoms with van der Waals surface area (Å²) < 4.78 is 0. The van der Waals surface area contributed by atoms with Crippen molar-refractivity contribution in [2.45, 2.75) is 31.8 Å². The minimum Gasteiger partial charge on any atom is -0.480 e. The largest absolute Gasteiger partial charge is 0.480 e. The Morgan fingerprint density at radius 3 is 2.72 bits per heavy atom. The van der Waals surface area contributed by atoms with Crippen LogP contribution in [0.4, 0.5) is 5.69 Å². The lowest BCUT2D eigenvalue weighted by Gasteiger charge is -2.33. The highest BCUT2D eigenvalue weighted by atomic mass is 16.4. The number of nitrogens with zero attached hydrogens (tertiary/aromatic N) is 3. The van der Waals surface area contributed by atoms with E-state index in [1.165, 1.54) is 4.90 Å². The van der Waals surface area contributed by atoms with Crippen molar-refractivity contribution in [3.63, 3.8) is 0 Å². The number of aromatic amines is 1. The fraction of sp³-hybridized carbons (Fsp3) is 0.389. The lowest BCUT2D eigenvalue weighted by atomic mass is 10.0. The zero-order valence-corrected chi connectivity index (χ0v) is 13.8. The first kappa shape index (κ1) is 15.7. The van der Waals surface area contributed by atoms with Crippen LogP contribution in [0.1, 0.15) is 34.6 Å². The molecule has 2 aliphatic rings. The summed E-state index contributed by atoms with van der Waals surface area (Å²) in [4.78, 5) is 35.8. The van der Waals surface area contributed by atoms with Crippen LogP contribution in [0.25, 0.3) is 0 Å². The molecule has 0 spiro atoms. The van der Waals surface area contributed by atoms with Crippen molar-refractivity contribution in [3.8, 4) is 0 Å². The molecule has 0 radical (unpaired) electrons. The zero-order chi connectivity index (χ0) is 17.4. The van der Waals surface area contributed by atoms with Gasteiger partial charge >= 0.3 is 5.97 Å². The van der Waals surface area contributed by atoms with Gasteiger partial charge in [-0.25, -0.2) is 9.78 Å². The maximum Gasteiger partial charge on any atom is 0.326 e. The van der Waals surface area contributed by atoms with Crippen LogP contribution in [-0.2, 0) is 17.8 Å². The van der Waals surface area contributed by atoms with E-state index in [1.54, 1.807) is 12.4 Å². The SMILES string of the molecule is O=C(O)[C@H]1Cc2nc[nH]c2CN1C(=O)c1ccccc1N1CCCC1. The number of aromatic nitrogens is 2. The number of hydrogen-bond acceptors (Lipinski definition) is 4. The number of para-hydroxylation sites is 1. The number of anilines is 1.